The van der Waals surface area contributed by atoms with Crippen LogP contribution in [0, 0.1) is 13.8 Å². The third-order valence-corrected chi connectivity index (χ3v) is 5.12. The van der Waals surface area contributed by atoms with Crippen molar-refractivity contribution in [1.29, 1.82) is 0 Å². The highest BCUT2D eigenvalue weighted by atomic mass is 127. The number of halogens is 1. The van der Waals surface area contributed by atoms with Gasteiger partial charge in [0, 0.05) is 26.2 Å². The Labute approximate surface area is 186 Å². The van der Waals surface area contributed by atoms with Crippen molar-refractivity contribution in [3.63, 3.8) is 0 Å². The molecule has 158 valence electrons. The summed E-state index contributed by atoms with van der Waals surface area (Å²) >= 11 is 0. The largest absolute Gasteiger partial charge is 0.491 e. The van der Waals surface area contributed by atoms with Crippen LogP contribution in [0.25, 0.3) is 0 Å². The number of morpholine rings is 1. The monoisotopic (exact) mass is 503 g/mol. The summed E-state index contributed by atoms with van der Waals surface area (Å²) in [6.07, 6.45) is 2.59. The van der Waals surface area contributed by atoms with E-state index in [1.165, 1.54) is 11.1 Å². The molecule has 6 nitrogen and oxygen atoms in total. The van der Waals surface area contributed by atoms with Gasteiger partial charge < -0.3 is 24.4 Å². The maximum Gasteiger partial charge on any atom is 0.194 e. The van der Waals surface area contributed by atoms with Crippen LogP contribution in [0.3, 0.4) is 0 Å². The van der Waals surface area contributed by atoms with E-state index in [1.807, 2.05) is 0 Å². The van der Waals surface area contributed by atoms with Gasteiger partial charge in [-0.15, -0.1) is 24.0 Å². The van der Waals surface area contributed by atoms with Crippen molar-refractivity contribution in [2.75, 3.05) is 46.0 Å². The average Bonchev–Trinajstić information content (AvgIpc) is 3.21. The van der Waals surface area contributed by atoms with Gasteiger partial charge >= 0.3 is 0 Å². The highest BCUT2D eigenvalue weighted by molar-refractivity contribution is 14.0. The van der Waals surface area contributed by atoms with E-state index in [-0.39, 0.29) is 36.2 Å². The molecule has 1 aromatic rings. The fourth-order valence-corrected chi connectivity index (χ4v) is 3.74. The standard InChI is InChI=1S/C21H33N3O3.HI/c1-4-22-21(23-10-13-27-20-16(2)7-5-8-17(20)3)24-11-14-26-19(15-24)18-9-6-12-25-18;/h5,7-8,18-19H,4,6,9-15H2,1-3H3,(H,22,23);1H. The van der Waals surface area contributed by atoms with Crippen LogP contribution < -0.4 is 10.1 Å². The lowest BCUT2D eigenvalue weighted by Crippen LogP contribution is -2.53. The number of para-hydroxylation sites is 1. The molecule has 0 aromatic heterocycles. The lowest BCUT2D eigenvalue weighted by molar-refractivity contribution is -0.0817. The first kappa shape index (κ1) is 23.2. The Morgan fingerprint density at radius 3 is 2.64 bits per heavy atom. The molecular weight excluding hydrogens is 469 g/mol. The quantitative estimate of drug-likeness (QED) is 0.280. The van der Waals surface area contributed by atoms with Crippen LogP contribution in [-0.2, 0) is 9.47 Å². The molecule has 2 atom stereocenters. The molecule has 2 aliphatic heterocycles. The van der Waals surface area contributed by atoms with Gasteiger partial charge in [0.1, 0.15) is 18.5 Å². The Morgan fingerprint density at radius 1 is 1.21 bits per heavy atom. The molecule has 1 aromatic carbocycles. The van der Waals surface area contributed by atoms with Crippen LogP contribution in [0.1, 0.15) is 30.9 Å². The summed E-state index contributed by atoms with van der Waals surface area (Å²) in [7, 11) is 0. The van der Waals surface area contributed by atoms with E-state index in [9.17, 15) is 0 Å². The van der Waals surface area contributed by atoms with Crippen LogP contribution in [0.2, 0.25) is 0 Å². The fourth-order valence-electron chi connectivity index (χ4n) is 3.74. The SMILES string of the molecule is CCNC(=NCCOc1c(C)cccc1C)N1CCOC(C2CCCO2)C1.I. The second-order valence-corrected chi connectivity index (χ2v) is 7.21. The highest BCUT2D eigenvalue weighted by Crippen LogP contribution is 2.22. The van der Waals surface area contributed by atoms with E-state index >= 15 is 0 Å². The minimum absolute atomic E-state index is 0. The number of guanidine groups is 1. The van der Waals surface area contributed by atoms with Gasteiger partial charge in [0.2, 0.25) is 0 Å². The number of aryl methyl sites for hydroxylation is 2. The van der Waals surface area contributed by atoms with Gasteiger partial charge in [-0.2, -0.15) is 0 Å². The molecule has 0 amide bonds. The van der Waals surface area contributed by atoms with E-state index < -0.39 is 0 Å². The average molecular weight is 503 g/mol. The van der Waals surface area contributed by atoms with Crippen LogP contribution in [0.4, 0.5) is 0 Å². The number of nitrogens with zero attached hydrogens (tertiary/aromatic N) is 2. The summed E-state index contributed by atoms with van der Waals surface area (Å²) in [4.78, 5) is 7.07. The second kappa shape index (κ2) is 11.8. The molecule has 1 N–H and O–H groups in total. The van der Waals surface area contributed by atoms with Crippen molar-refractivity contribution >= 4 is 29.9 Å². The molecule has 7 heteroatoms. The predicted molar refractivity (Wildman–Crippen MR) is 123 cm³/mol. The third kappa shape index (κ3) is 6.22. The molecule has 2 unspecified atom stereocenters. The number of benzene rings is 1. The Morgan fingerprint density at radius 2 is 1.96 bits per heavy atom. The molecule has 0 saturated carbocycles. The molecule has 2 saturated heterocycles. The van der Waals surface area contributed by atoms with Gasteiger partial charge in [0.05, 0.1) is 19.3 Å². The summed E-state index contributed by atoms with van der Waals surface area (Å²) in [6.45, 7) is 11.5. The molecule has 3 rings (SSSR count). The van der Waals surface area contributed by atoms with Gasteiger partial charge in [0.25, 0.3) is 0 Å². The zero-order valence-electron chi connectivity index (χ0n) is 17.3. The van der Waals surface area contributed by atoms with E-state index in [0.29, 0.717) is 19.8 Å². The predicted octanol–water partition coefficient (Wildman–Crippen LogP) is 3.15. The maximum atomic E-state index is 5.99. The minimum Gasteiger partial charge on any atom is -0.491 e. The second-order valence-electron chi connectivity index (χ2n) is 7.21. The van der Waals surface area contributed by atoms with Crippen molar-refractivity contribution in [2.45, 2.75) is 45.8 Å². The van der Waals surface area contributed by atoms with E-state index in [2.05, 4.69) is 49.2 Å². The van der Waals surface area contributed by atoms with Crippen molar-refractivity contribution in [3.05, 3.63) is 29.3 Å². The molecule has 28 heavy (non-hydrogen) atoms. The van der Waals surface area contributed by atoms with Gasteiger partial charge in [-0.3, -0.25) is 0 Å². The molecule has 0 spiro atoms. The zero-order valence-corrected chi connectivity index (χ0v) is 19.6. The summed E-state index contributed by atoms with van der Waals surface area (Å²) in [5, 5.41) is 3.41. The van der Waals surface area contributed by atoms with E-state index in [1.54, 1.807) is 0 Å². The normalized spacial score (nSPS) is 22.7. The van der Waals surface area contributed by atoms with Gasteiger partial charge in [-0.05, 0) is 44.7 Å². The van der Waals surface area contributed by atoms with Gasteiger partial charge in [-0.25, -0.2) is 4.99 Å². The smallest absolute Gasteiger partial charge is 0.194 e. The van der Waals surface area contributed by atoms with E-state index in [0.717, 1.165) is 50.8 Å². The van der Waals surface area contributed by atoms with Gasteiger partial charge in [-0.1, -0.05) is 18.2 Å². The molecule has 0 radical (unpaired) electrons. The van der Waals surface area contributed by atoms with Crippen molar-refractivity contribution in [2.24, 2.45) is 4.99 Å². The fraction of sp³-hybridized carbons (Fsp3) is 0.667. The lowest BCUT2D eigenvalue weighted by atomic mass is 10.1. The van der Waals surface area contributed by atoms with Crippen LogP contribution >= 0.6 is 24.0 Å². The number of ether oxygens (including phenoxy) is 3. The van der Waals surface area contributed by atoms with E-state index in [4.69, 9.17) is 19.2 Å². The number of hydrogen-bond donors (Lipinski definition) is 1. The van der Waals surface area contributed by atoms with Crippen molar-refractivity contribution < 1.29 is 14.2 Å². The Bertz CT molecular complexity index is 615. The number of aliphatic imine (C=N–C) groups is 1. The Balaban J connectivity index is 0.00000280. The Kier molecular flexibility index (Phi) is 9.81. The maximum absolute atomic E-state index is 5.99. The number of hydrogen-bond acceptors (Lipinski definition) is 4. The lowest BCUT2D eigenvalue weighted by Gasteiger charge is -2.37. The molecular formula is C21H34IN3O3. The minimum atomic E-state index is 0. The molecule has 0 aliphatic carbocycles. The van der Waals surface area contributed by atoms with Gasteiger partial charge in [0.15, 0.2) is 5.96 Å². The third-order valence-electron chi connectivity index (χ3n) is 5.12. The van der Waals surface area contributed by atoms with Crippen LogP contribution in [0.15, 0.2) is 23.2 Å². The number of rotatable bonds is 6. The number of nitrogens with one attached hydrogen (secondary N) is 1. The molecule has 0 bridgehead atoms. The van der Waals surface area contributed by atoms with Crippen LogP contribution in [0.5, 0.6) is 5.75 Å². The summed E-state index contributed by atoms with van der Waals surface area (Å²) in [5.41, 5.74) is 2.33. The highest BCUT2D eigenvalue weighted by Gasteiger charge is 2.32. The molecule has 2 fully saturated rings. The van der Waals surface area contributed by atoms with Crippen molar-refractivity contribution in [1.82, 2.24) is 10.2 Å². The first-order valence-electron chi connectivity index (χ1n) is 10.1. The summed E-state index contributed by atoms with van der Waals surface area (Å²) < 4.78 is 17.8. The summed E-state index contributed by atoms with van der Waals surface area (Å²) in [6, 6.07) is 6.21. The first-order valence-corrected chi connectivity index (χ1v) is 10.1. The van der Waals surface area contributed by atoms with Crippen molar-refractivity contribution in [3.8, 4) is 5.75 Å². The molecule has 2 heterocycles. The topological polar surface area (TPSA) is 55.3 Å². The zero-order chi connectivity index (χ0) is 19.1. The molecule has 2 aliphatic rings. The summed E-state index contributed by atoms with van der Waals surface area (Å²) in [5.74, 6) is 1.91. The first-order chi connectivity index (χ1) is 13.2. The Hall–Kier alpha value is -1.06. The van der Waals surface area contributed by atoms with Crippen LogP contribution in [-0.4, -0.2) is 69.1 Å².